The van der Waals surface area contributed by atoms with Gasteiger partial charge in [0, 0.05) is 33.2 Å². The molecule has 0 spiro atoms. The number of hydrogen-bond acceptors (Lipinski definition) is 4. The summed E-state index contributed by atoms with van der Waals surface area (Å²) in [5.74, 6) is 0.0379. The van der Waals surface area contributed by atoms with Crippen LogP contribution in [-0.2, 0) is 9.53 Å². The van der Waals surface area contributed by atoms with Gasteiger partial charge in [0.1, 0.15) is 0 Å². The third-order valence-electron chi connectivity index (χ3n) is 2.80. The number of nitrogens with zero attached hydrogens (tertiary/aromatic N) is 1. The number of carbonyl (C=O) groups is 1. The Kier molecular flexibility index (Phi) is 9.82. The second kappa shape index (κ2) is 10.2. The predicted octanol–water partition coefficient (Wildman–Crippen LogP) is 0.526. The highest BCUT2D eigenvalue weighted by molar-refractivity contribution is 7.80. The van der Waals surface area contributed by atoms with E-state index in [1.807, 2.05) is 13.8 Å². The molecule has 0 radical (unpaired) electrons. The average molecular weight is 275 g/mol. The molecular weight excluding hydrogens is 250 g/mol. The minimum absolute atomic E-state index is 0.0379. The maximum absolute atomic E-state index is 11.9. The predicted molar refractivity (Wildman–Crippen MR) is 77.6 cm³/mol. The highest BCUT2D eigenvalue weighted by Crippen LogP contribution is 2.01. The number of nitrogens with two attached hydrogens (primary N) is 1. The van der Waals surface area contributed by atoms with Gasteiger partial charge in [0.25, 0.3) is 0 Å². The van der Waals surface area contributed by atoms with Gasteiger partial charge in [-0.15, -0.1) is 0 Å². The van der Waals surface area contributed by atoms with Gasteiger partial charge in [-0.25, -0.2) is 0 Å². The van der Waals surface area contributed by atoms with Crippen LogP contribution in [-0.4, -0.2) is 55.2 Å². The van der Waals surface area contributed by atoms with Crippen LogP contribution in [0.25, 0.3) is 0 Å². The first-order chi connectivity index (χ1) is 8.52. The van der Waals surface area contributed by atoms with Crippen molar-refractivity contribution in [3.8, 4) is 0 Å². The first-order valence-corrected chi connectivity index (χ1v) is 6.72. The van der Waals surface area contributed by atoms with E-state index in [4.69, 9.17) is 22.7 Å². The van der Waals surface area contributed by atoms with E-state index >= 15 is 0 Å². The number of nitrogens with one attached hydrogen (secondary N) is 1. The molecule has 0 bridgehead atoms. The van der Waals surface area contributed by atoms with Crippen LogP contribution in [0.5, 0.6) is 0 Å². The lowest BCUT2D eigenvalue weighted by molar-refractivity contribution is -0.125. The molecule has 0 aliphatic heterocycles. The summed E-state index contributed by atoms with van der Waals surface area (Å²) in [6.07, 6.45) is 1.47. The molecule has 0 aromatic heterocycles. The monoisotopic (exact) mass is 275 g/mol. The molecule has 0 aromatic rings. The molecule has 6 heteroatoms. The molecule has 0 aliphatic carbocycles. The summed E-state index contributed by atoms with van der Waals surface area (Å²) in [6, 6.07) is -0.160. The lowest BCUT2D eigenvalue weighted by atomic mass is 10.2. The molecule has 3 N–H and O–H groups in total. The summed E-state index contributed by atoms with van der Waals surface area (Å²) < 4.78 is 4.93. The largest absolute Gasteiger partial charge is 0.393 e. The quantitative estimate of drug-likeness (QED) is 0.449. The molecule has 0 aromatic carbocycles. The Labute approximate surface area is 115 Å². The van der Waals surface area contributed by atoms with Gasteiger partial charge in [0.05, 0.1) is 11.0 Å². The Balaban J connectivity index is 4.02. The van der Waals surface area contributed by atoms with Crippen LogP contribution in [0.3, 0.4) is 0 Å². The molecule has 0 heterocycles. The third kappa shape index (κ3) is 7.58. The molecule has 0 rings (SSSR count). The fourth-order valence-electron chi connectivity index (χ4n) is 1.62. The molecule has 1 unspecified atom stereocenters. The lowest BCUT2D eigenvalue weighted by Gasteiger charge is -2.26. The second-order valence-corrected chi connectivity index (χ2v) is 4.68. The van der Waals surface area contributed by atoms with Crippen molar-refractivity contribution in [1.82, 2.24) is 10.2 Å². The van der Waals surface area contributed by atoms with E-state index in [9.17, 15) is 4.79 Å². The van der Waals surface area contributed by atoms with Crippen LogP contribution in [0, 0.1) is 0 Å². The number of rotatable bonds is 10. The van der Waals surface area contributed by atoms with Crippen molar-refractivity contribution in [3.05, 3.63) is 0 Å². The number of thiocarbonyl (C=S) groups is 1. The van der Waals surface area contributed by atoms with Crippen LogP contribution < -0.4 is 11.1 Å². The molecule has 5 nitrogen and oxygen atoms in total. The molecule has 106 valence electrons. The highest BCUT2D eigenvalue weighted by atomic mass is 32.1. The van der Waals surface area contributed by atoms with Crippen molar-refractivity contribution in [2.45, 2.75) is 32.7 Å². The number of hydrogen-bond donors (Lipinski definition) is 2. The minimum Gasteiger partial charge on any atom is -0.393 e. The normalized spacial score (nSPS) is 12.4. The third-order valence-corrected chi connectivity index (χ3v) is 3.01. The molecule has 0 aliphatic rings. The van der Waals surface area contributed by atoms with E-state index in [1.165, 1.54) is 0 Å². The standard InChI is InChI=1S/C12H25N3O2S/c1-4-15(8-6-11(13)18)10(2)12(16)14-7-5-9-17-3/h10H,4-9H2,1-3H3,(H2,13,18)(H,14,16). The number of carbonyl (C=O) groups excluding carboxylic acids is 1. The zero-order chi connectivity index (χ0) is 14.0. The van der Waals surface area contributed by atoms with Crippen molar-refractivity contribution < 1.29 is 9.53 Å². The molecule has 0 fully saturated rings. The fraction of sp³-hybridized carbons (Fsp3) is 0.833. The molecule has 18 heavy (non-hydrogen) atoms. The molecule has 0 saturated carbocycles. The Hall–Kier alpha value is -0.720. The van der Waals surface area contributed by atoms with Crippen LogP contribution >= 0.6 is 12.2 Å². The van der Waals surface area contributed by atoms with Gasteiger partial charge < -0.3 is 15.8 Å². The number of amides is 1. The number of methoxy groups -OCH3 is 1. The van der Waals surface area contributed by atoms with Crippen molar-refractivity contribution >= 4 is 23.1 Å². The van der Waals surface area contributed by atoms with Gasteiger partial charge >= 0.3 is 0 Å². The van der Waals surface area contributed by atoms with E-state index in [1.54, 1.807) is 7.11 Å². The van der Waals surface area contributed by atoms with Gasteiger partial charge in [-0.05, 0) is 19.9 Å². The van der Waals surface area contributed by atoms with Crippen LogP contribution in [0.15, 0.2) is 0 Å². The highest BCUT2D eigenvalue weighted by Gasteiger charge is 2.19. The second-order valence-electron chi connectivity index (χ2n) is 4.16. The topological polar surface area (TPSA) is 67.6 Å². The van der Waals surface area contributed by atoms with Gasteiger partial charge in [0.15, 0.2) is 0 Å². The Bertz CT molecular complexity index is 262. The molecular formula is C12H25N3O2S. The lowest BCUT2D eigenvalue weighted by Crippen LogP contribution is -2.46. The fourth-order valence-corrected chi connectivity index (χ4v) is 1.71. The molecule has 1 amide bonds. The zero-order valence-electron chi connectivity index (χ0n) is 11.6. The van der Waals surface area contributed by atoms with Crippen LogP contribution in [0.2, 0.25) is 0 Å². The Morgan fingerprint density at radius 2 is 2.22 bits per heavy atom. The first kappa shape index (κ1) is 17.3. The summed E-state index contributed by atoms with van der Waals surface area (Å²) in [4.78, 5) is 14.4. The van der Waals surface area contributed by atoms with E-state index in [-0.39, 0.29) is 11.9 Å². The van der Waals surface area contributed by atoms with E-state index in [2.05, 4.69) is 10.2 Å². The SMILES string of the molecule is CCN(CCC(N)=S)C(C)C(=O)NCCCOC. The van der Waals surface area contributed by atoms with Gasteiger partial charge in [-0.3, -0.25) is 9.69 Å². The van der Waals surface area contributed by atoms with Gasteiger partial charge in [-0.2, -0.15) is 0 Å². The summed E-state index contributed by atoms with van der Waals surface area (Å²) >= 11 is 4.85. The maximum atomic E-state index is 11.9. The number of ether oxygens (including phenoxy) is 1. The Morgan fingerprint density at radius 1 is 1.56 bits per heavy atom. The van der Waals surface area contributed by atoms with Crippen molar-refractivity contribution in [2.24, 2.45) is 5.73 Å². The van der Waals surface area contributed by atoms with Crippen molar-refractivity contribution in [2.75, 3.05) is 33.4 Å². The summed E-state index contributed by atoms with van der Waals surface area (Å²) in [7, 11) is 1.65. The van der Waals surface area contributed by atoms with E-state index in [0.717, 1.165) is 19.5 Å². The van der Waals surface area contributed by atoms with Crippen LogP contribution in [0.4, 0.5) is 0 Å². The van der Waals surface area contributed by atoms with E-state index < -0.39 is 0 Å². The maximum Gasteiger partial charge on any atom is 0.237 e. The average Bonchev–Trinajstić information content (AvgIpc) is 2.34. The van der Waals surface area contributed by atoms with E-state index in [0.29, 0.717) is 24.6 Å². The summed E-state index contributed by atoms with van der Waals surface area (Å²) in [5.41, 5.74) is 5.48. The number of likely N-dealkylation sites (N-methyl/N-ethyl adjacent to an activating group) is 1. The smallest absolute Gasteiger partial charge is 0.237 e. The van der Waals surface area contributed by atoms with Gasteiger partial charge in [-0.1, -0.05) is 19.1 Å². The minimum atomic E-state index is -0.160. The first-order valence-electron chi connectivity index (χ1n) is 6.31. The van der Waals surface area contributed by atoms with Crippen molar-refractivity contribution in [3.63, 3.8) is 0 Å². The summed E-state index contributed by atoms with van der Waals surface area (Å²) in [6.45, 7) is 6.74. The van der Waals surface area contributed by atoms with Crippen LogP contribution in [0.1, 0.15) is 26.7 Å². The van der Waals surface area contributed by atoms with Gasteiger partial charge in [0.2, 0.25) is 5.91 Å². The molecule has 0 saturated heterocycles. The zero-order valence-corrected chi connectivity index (χ0v) is 12.4. The van der Waals surface area contributed by atoms with Crippen molar-refractivity contribution in [1.29, 1.82) is 0 Å². The Morgan fingerprint density at radius 3 is 2.72 bits per heavy atom. The summed E-state index contributed by atoms with van der Waals surface area (Å²) in [5, 5.41) is 2.89. The molecule has 1 atom stereocenters.